The molecule has 4 fully saturated rings. The van der Waals surface area contributed by atoms with Crippen LogP contribution in [0.5, 0.6) is 0 Å². The Balaban J connectivity index is 1.23. The van der Waals surface area contributed by atoms with Crippen molar-refractivity contribution in [3.63, 3.8) is 0 Å². The van der Waals surface area contributed by atoms with Crippen molar-refractivity contribution in [1.29, 1.82) is 5.26 Å². The molecule has 0 amide bonds. The summed E-state index contributed by atoms with van der Waals surface area (Å²) in [5.74, 6) is 2.00. The quantitative estimate of drug-likeness (QED) is 0.470. The number of alkyl halides is 3. The molecule has 33 heavy (non-hydrogen) atoms. The summed E-state index contributed by atoms with van der Waals surface area (Å²) < 4.78 is 42.2. The molecule has 0 aliphatic heterocycles. The topological polar surface area (TPSA) is 41.6 Å². The predicted molar refractivity (Wildman–Crippen MR) is 121 cm³/mol. The third kappa shape index (κ3) is 3.92. The van der Waals surface area contributed by atoms with E-state index in [-0.39, 0.29) is 11.3 Å². The molecule has 0 N–H and O–H groups in total. The minimum atomic E-state index is -4.02. The molecule has 0 spiro atoms. The highest BCUT2D eigenvalue weighted by Crippen LogP contribution is 2.68. The second-order valence-electron chi connectivity index (χ2n) is 12.2. The Bertz CT molecular complexity index is 901. The SMILES string of the molecule is CC12CCC3C(CCC4CC(C(F)(F)F)CCC43C)C1CCC2CCCn1ccc(C#N)n1. The van der Waals surface area contributed by atoms with Gasteiger partial charge in [-0.1, -0.05) is 13.8 Å². The van der Waals surface area contributed by atoms with E-state index in [2.05, 4.69) is 25.0 Å². The van der Waals surface area contributed by atoms with Crippen molar-refractivity contribution in [1.82, 2.24) is 9.78 Å². The van der Waals surface area contributed by atoms with E-state index in [1.54, 1.807) is 6.07 Å². The number of halogens is 3. The van der Waals surface area contributed by atoms with E-state index in [1.807, 2.05) is 10.9 Å². The molecule has 3 nitrogen and oxygen atoms in total. The normalized spacial score (nSPS) is 42.8. The lowest BCUT2D eigenvalue weighted by Crippen LogP contribution is -2.54. The Morgan fingerprint density at radius 3 is 2.55 bits per heavy atom. The molecule has 0 aromatic carbocycles. The third-order valence-electron chi connectivity index (χ3n) is 11.0. The van der Waals surface area contributed by atoms with Gasteiger partial charge in [0.15, 0.2) is 5.69 Å². The minimum Gasteiger partial charge on any atom is -0.271 e. The fraction of sp³-hybridized carbons (Fsp3) is 0.852. The van der Waals surface area contributed by atoms with Crippen LogP contribution in [0.15, 0.2) is 12.3 Å². The van der Waals surface area contributed by atoms with E-state index in [0.29, 0.717) is 35.8 Å². The van der Waals surface area contributed by atoms with Gasteiger partial charge in [-0.25, -0.2) is 0 Å². The van der Waals surface area contributed by atoms with Crippen LogP contribution in [0.2, 0.25) is 0 Å². The average Bonchev–Trinajstić information content (AvgIpc) is 3.36. The summed E-state index contributed by atoms with van der Waals surface area (Å²) in [5.41, 5.74) is 0.979. The summed E-state index contributed by atoms with van der Waals surface area (Å²) >= 11 is 0. The van der Waals surface area contributed by atoms with Gasteiger partial charge in [0, 0.05) is 12.7 Å². The largest absolute Gasteiger partial charge is 0.391 e. The third-order valence-corrected chi connectivity index (χ3v) is 11.0. The van der Waals surface area contributed by atoms with Crippen molar-refractivity contribution in [3.8, 4) is 6.07 Å². The molecule has 1 aromatic rings. The number of aryl methyl sites for hydroxylation is 1. The number of aromatic nitrogens is 2. The molecule has 8 unspecified atom stereocenters. The Hall–Kier alpha value is -1.51. The Morgan fingerprint density at radius 1 is 1.06 bits per heavy atom. The van der Waals surface area contributed by atoms with Gasteiger partial charge in [0.05, 0.1) is 5.92 Å². The van der Waals surface area contributed by atoms with Crippen molar-refractivity contribution in [2.45, 2.75) is 97.2 Å². The lowest BCUT2D eigenvalue weighted by atomic mass is 9.44. The van der Waals surface area contributed by atoms with Crippen LogP contribution in [0.3, 0.4) is 0 Å². The zero-order chi connectivity index (χ0) is 23.4. The fourth-order valence-corrected chi connectivity index (χ4v) is 9.18. The second-order valence-corrected chi connectivity index (χ2v) is 12.2. The van der Waals surface area contributed by atoms with Crippen LogP contribution in [0.25, 0.3) is 0 Å². The summed E-state index contributed by atoms with van der Waals surface area (Å²) in [6.45, 7) is 5.75. The lowest BCUT2D eigenvalue weighted by Gasteiger charge is -2.61. The number of rotatable bonds is 4. The molecule has 1 heterocycles. The number of fused-ring (bicyclic) bond motifs is 5. The maximum atomic E-state index is 13.4. The number of nitriles is 1. The molecule has 4 aliphatic carbocycles. The highest BCUT2D eigenvalue weighted by atomic mass is 19.4. The van der Waals surface area contributed by atoms with Gasteiger partial charge in [-0.15, -0.1) is 0 Å². The molecule has 1 aromatic heterocycles. The molecule has 182 valence electrons. The van der Waals surface area contributed by atoms with Crippen molar-refractivity contribution in [3.05, 3.63) is 18.0 Å². The first-order valence-electron chi connectivity index (χ1n) is 13.2. The standard InChI is InChI=1S/C27H38F3N3/c1-25-13-10-24-22(7-5-19-16-20(27(28,29)30)9-12-26(19,24)2)23(25)8-6-18(25)4-3-14-33-15-11-21(17-31)32-33/h11,15,18-20,22-24H,3-10,12-14,16H2,1-2H3. The molecule has 0 saturated heterocycles. The fourth-order valence-electron chi connectivity index (χ4n) is 9.18. The van der Waals surface area contributed by atoms with Crippen LogP contribution in [-0.2, 0) is 6.54 Å². The summed E-state index contributed by atoms with van der Waals surface area (Å²) in [7, 11) is 0. The van der Waals surface area contributed by atoms with Gasteiger partial charge in [-0.05, 0) is 117 Å². The molecule has 4 saturated carbocycles. The van der Waals surface area contributed by atoms with Gasteiger partial charge in [0.2, 0.25) is 0 Å². The summed E-state index contributed by atoms with van der Waals surface area (Å²) in [6, 6.07) is 3.86. The van der Waals surface area contributed by atoms with Gasteiger partial charge in [0.25, 0.3) is 0 Å². The van der Waals surface area contributed by atoms with Gasteiger partial charge in [-0.2, -0.15) is 23.5 Å². The molecule has 4 aliphatic rings. The van der Waals surface area contributed by atoms with Gasteiger partial charge >= 0.3 is 6.18 Å². The number of hydrogen-bond donors (Lipinski definition) is 0. The highest BCUT2D eigenvalue weighted by molar-refractivity contribution is 5.16. The van der Waals surface area contributed by atoms with Crippen LogP contribution in [0.1, 0.15) is 90.2 Å². The molecule has 5 rings (SSSR count). The van der Waals surface area contributed by atoms with Crippen molar-refractivity contribution < 1.29 is 13.2 Å². The van der Waals surface area contributed by atoms with Gasteiger partial charge in [0.1, 0.15) is 6.07 Å². The monoisotopic (exact) mass is 461 g/mol. The number of hydrogen-bond acceptors (Lipinski definition) is 2. The zero-order valence-electron chi connectivity index (χ0n) is 20.1. The van der Waals surface area contributed by atoms with Crippen LogP contribution >= 0.6 is 0 Å². The van der Waals surface area contributed by atoms with Crippen LogP contribution in [-0.4, -0.2) is 16.0 Å². The molecule has 0 bridgehead atoms. The molecule has 0 radical (unpaired) electrons. The maximum Gasteiger partial charge on any atom is 0.391 e. The number of nitrogens with zero attached hydrogens (tertiary/aromatic N) is 3. The smallest absolute Gasteiger partial charge is 0.271 e. The van der Waals surface area contributed by atoms with Crippen LogP contribution in [0.4, 0.5) is 13.2 Å². The van der Waals surface area contributed by atoms with Gasteiger partial charge in [-0.3, -0.25) is 4.68 Å². The van der Waals surface area contributed by atoms with Crippen LogP contribution < -0.4 is 0 Å². The summed E-state index contributed by atoms with van der Waals surface area (Å²) in [6.07, 6.45) is 8.85. The Morgan fingerprint density at radius 2 is 1.82 bits per heavy atom. The zero-order valence-corrected chi connectivity index (χ0v) is 20.1. The van der Waals surface area contributed by atoms with E-state index >= 15 is 0 Å². The van der Waals surface area contributed by atoms with E-state index in [0.717, 1.165) is 44.1 Å². The maximum absolute atomic E-state index is 13.4. The lowest BCUT2D eigenvalue weighted by molar-refractivity contribution is -0.208. The van der Waals surface area contributed by atoms with Crippen molar-refractivity contribution >= 4 is 0 Å². The first kappa shape index (κ1) is 23.2. The van der Waals surface area contributed by atoms with Crippen LogP contribution in [0, 0.1) is 57.7 Å². The highest BCUT2D eigenvalue weighted by Gasteiger charge is 2.61. The van der Waals surface area contributed by atoms with Crippen molar-refractivity contribution in [2.24, 2.45) is 46.3 Å². The first-order valence-corrected chi connectivity index (χ1v) is 13.2. The van der Waals surface area contributed by atoms with E-state index in [9.17, 15) is 13.2 Å². The summed E-state index contributed by atoms with van der Waals surface area (Å²) in [5, 5.41) is 13.3. The van der Waals surface area contributed by atoms with E-state index < -0.39 is 12.1 Å². The molecular weight excluding hydrogens is 423 g/mol. The van der Waals surface area contributed by atoms with E-state index in [1.165, 1.54) is 32.1 Å². The second kappa shape index (κ2) is 8.31. The summed E-state index contributed by atoms with van der Waals surface area (Å²) in [4.78, 5) is 0. The molecule has 8 atom stereocenters. The Kier molecular flexibility index (Phi) is 5.85. The first-order chi connectivity index (χ1) is 15.6. The van der Waals surface area contributed by atoms with E-state index in [4.69, 9.17) is 5.26 Å². The van der Waals surface area contributed by atoms with Crippen molar-refractivity contribution in [2.75, 3.05) is 0 Å². The molecular formula is C27H38F3N3. The minimum absolute atomic E-state index is 0.114. The average molecular weight is 462 g/mol. The molecule has 6 heteroatoms. The van der Waals surface area contributed by atoms with Gasteiger partial charge < -0.3 is 0 Å². The Labute approximate surface area is 196 Å². The predicted octanol–water partition coefficient (Wildman–Crippen LogP) is 7.37.